The standard InChI is InChI=1S/C19H29NO2/c1-19(2,3)22-18(21)13-12-15-8-10-16(11-9-15)14-20-17-6-4-5-7-17/h8-11,17,20H,4-7,12-14H2,1-3H3. The Morgan fingerprint density at radius 2 is 1.73 bits per heavy atom. The lowest BCUT2D eigenvalue weighted by Gasteiger charge is -2.19. The largest absolute Gasteiger partial charge is 0.460 e. The number of rotatable bonds is 6. The Bertz CT molecular complexity index is 467. The third-order valence-electron chi connectivity index (χ3n) is 4.01. The predicted octanol–water partition coefficient (Wildman–Crippen LogP) is 3.99. The van der Waals surface area contributed by atoms with Crippen LogP contribution in [0.25, 0.3) is 0 Å². The molecule has 0 aliphatic heterocycles. The molecule has 22 heavy (non-hydrogen) atoms. The summed E-state index contributed by atoms with van der Waals surface area (Å²) in [6, 6.07) is 9.26. The molecule has 1 aliphatic carbocycles. The van der Waals surface area contributed by atoms with Crippen LogP contribution in [0.3, 0.4) is 0 Å². The maximum absolute atomic E-state index is 11.7. The van der Waals surface area contributed by atoms with Gasteiger partial charge in [-0.25, -0.2) is 0 Å². The van der Waals surface area contributed by atoms with Gasteiger partial charge in [0, 0.05) is 19.0 Å². The zero-order chi connectivity index (χ0) is 16.0. The van der Waals surface area contributed by atoms with Gasteiger partial charge in [0.05, 0.1) is 0 Å². The molecule has 2 rings (SSSR count). The second-order valence-corrected chi connectivity index (χ2v) is 7.27. The molecule has 0 amide bonds. The minimum Gasteiger partial charge on any atom is -0.460 e. The Kier molecular flexibility index (Phi) is 6.01. The number of benzene rings is 1. The van der Waals surface area contributed by atoms with Crippen LogP contribution in [0.2, 0.25) is 0 Å². The summed E-state index contributed by atoms with van der Waals surface area (Å²) in [6.07, 6.45) is 6.53. The van der Waals surface area contributed by atoms with Crippen LogP contribution in [0, 0.1) is 0 Å². The third kappa shape index (κ3) is 6.18. The minimum atomic E-state index is -0.396. The van der Waals surface area contributed by atoms with Gasteiger partial charge >= 0.3 is 5.97 Å². The van der Waals surface area contributed by atoms with Crippen LogP contribution in [0.4, 0.5) is 0 Å². The fourth-order valence-corrected chi connectivity index (χ4v) is 2.85. The van der Waals surface area contributed by atoms with E-state index in [1.165, 1.54) is 36.8 Å². The summed E-state index contributed by atoms with van der Waals surface area (Å²) in [4.78, 5) is 11.7. The van der Waals surface area contributed by atoms with Gasteiger partial charge in [0.25, 0.3) is 0 Å². The first-order chi connectivity index (χ1) is 10.4. The maximum atomic E-state index is 11.7. The van der Waals surface area contributed by atoms with Crippen molar-refractivity contribution in [1.29, 1.82) is 0 Å². The average Bonchev–Trinajstić information content (AvgIpc) is 2.95. The van der Waals surface area contributed by atoms with Crippen LogP contribution in [0.1, 0.15) is 64.0 Å². The van der Waals surface area contributed by atoms with Gasteiger partial charge in [-0.3, -0.25) is 4.79 Å². The van der Waals surface area contributed by atoms with Crippen LogP contribution in [0.15, 0.2) is 24.3 Å². The Labute approximate surface area is 134 Å². The maximum Gasteiger partial charge on any atom is 0.306 e. The Morgan fingerprint density at radius 3 is 2.32 bits per heavy atom. The van der Waals surface area contributed by atoms with Crippen molar-refractivity contribution < 1.29 is 9.53 Å². The van der Waals surface area contributed by atoms with Gasteiger partial charge in [-0.2, -0.15) is 0 Å². The van der Waals surface area contributed by atoms with E-state index in [9.17, 15) is 4.79 Å². The van der Waals surface area contributed by atoms with Crippen LogP contribution in [-0.2, 0) is 22.5 Å². The molecular formula is C19H29NO2. The van der Waals surface area contributed by atoms with Crippen molar-refractivity contribution in [3.8, 4) is 0 Å². The summed E-state index contributed by atoms with van der Waals surface area (Å²) in [7, 11) is 0. The molecule has 1 saturated carbocycles. The molecule has 122 valence electrons. The normalized spacial score (nSPS) is 16.0. The van der Waals surface area contributed by atoms with E-state index in [-0.39, 0.29) is 5.97 Å². The lowest BCUT2D eigenvalue weighted by molar-refractivity contribution is -0.154. The Morgan fingerprint density at radius 1 is 1.14 bits per heavy atom. The molecule has 1 aromatic rings. The molecule has 1 aromatic carbocycles. The summed E-state index contributed by atoms with van der Waals surface area (Å²) in [5.41, 5.74) is 2.11. The zero-order valence-corrected chi connectivity index (χ0v) is 14.2. The minimum absolute atomic E-state index is 0.125. The number of esters is 1. The molecule has 0 radical (unpaired) electrons. The molecule has 0 heterocycles. The molecule has 1 fully saturated rings. The molecule has 3 nitrogen and oxygen atoms in total. The van der Waals surface area contributed by atoms with E-state index in [1.807, 2.05) is 20.8 Å². The van der Waals surface area contributed by atoms with Gasteiger partial charge in [0.15, 0.2) is 0 Å². The fraction of sp³-hybridized carbons (Fsp3) is 0.632. The number of hydrogen-bond acceptors (Lipinski definition) is 3. The topological polar surface area (TPSA) is 38.3 Å². The zero-order valence-electron chi connectivity index (χ0n) is 14.2. The summed E-state index contributed by atoms with van der Waals surface area (Å²) >= 11 is 0. The highest BCUT2D eigenvalue weighted by molar-refractivity contribution is 5.70. The molecule has 0 atom stereocenters. The lowest BCUT2D eigenvalue weighted by atomic mass is 10.1. The van der Waals surface area contributed by atoms with Gasteiger partial charge in [-0.05, 0) is 51.2 Å². The number of carbonyl (C=O) groups excluding carboxylic acids is 1. The molecular weight excluding hydrogens is 274 g/mol. The van der Waals surface area contributed by atoms with Crippen molar-refractivity contribution in [1.82, 2.24) is 5.32 Å². The highest BCUT2D eigenvalue weighted by atomic mass is 16.6. The van der Waals surface area contributed by atoms with E-state index in [0.29, 0.717) is 12.5 Å². The van der Waals surface area contributed by atoms with Crippen molar-refractivity contribution in [2.45, 2.75) is 77.5 Å². The molecule has 0 spiro atoms. The van der Waals surface area contributed by atoms with Crippen molar-refractivity contribution in [3.05, 3.63) is 35.4 Å². The van der Waals surface area contributed by atoms with Crippen molar-refractivity contribution in [2.24, 2.45) is 0 Å². The number of carbonyl (C=O) groups is 1. The van der Waals surface area contributed by atoms with Crippen LogP contribution >= 0.6 is 0 Å². The highest BCUT2D eigenvalue weighted by Gasteiger charge is 2.16. The smallest absolute Gasteiger partial charge is 0.306 e. The van der Waals surface area contributed by atoms with E-state index < -0.39 is 5.60 Å². The van der Waals surface area contributed by atoms with Crippen molar-refractivity contribution in [3.63, 3.8) is 0 Å². The quantitative estimate of drug-likeness (QED) is 0.807. The second-order valence-electron chi connectivity index (χ2n) is 7.27. The number of aryl methyl sites for hydroxylation is 1. The monoisotopic (exact) mass is 303 g/mol. The van der Waals surface area contributed by atoms with Gasteiger partial charge < -0.3 is 10.1 Å². The van der Waals surface area contributed by atoms with Crippen LogP contribution in [0.5, 0.6) is 0 Å². The summed E-state index contributed by atoms with van der Waals surface area (Å²) in [6.45, 7) is 6.64. The molecule has 1 aliphatic rings. The van der Waals surface area contributed by atoms with Gasteiger partial charge in [0.2, 0.25) is 0 Å². The molecule has 3 heteroatoms. The predicted molar refractivity (Wildman–Crippen MR) is 89.7 cm³/mol. The number of nitrogens with one attached hydrogen (secondary N) is 1. The number of hydrogen-bond donors (Lipinski definition) is 1. The first kappa shape index (κ1) is 17.0. The first-order valence-electron chi connectivity index (χ1n) is 8.45. The molecule has 0 saturated heterocycles. The van der Waals surface area contributed by atoms with Gasteiger partial charge in [0.1, 0.15) is 5.60 Å². The second kappa shape index (κ2) is 7.77. The van der Waals surface area contributed by atoms with E-state index in [4.69, 9.17) is 4.74 Å². The highest BCUT2D eigenvalue weighted by Crippen LogP contribution is 2.18. The van der Waals surface area contributed by atoms with Crippen LogP contribution < -0.4 is 5.32 Å². The van der Waals surface area contributed by atoms with Crippen molar-refractivity contribution >= 4 is 5.97 Å². The molecule has 0 unspecified atom stereocenters. The van der Waals surface area contributed by atoms with E-state index in [2.05, 4.69) is 29.6 Å². The molecule has 0 aromatic heterocycles. The van der Waals surface area contributed by atoms with E-state index in [1.54, 1.807) is 0 Å². The lowest BCUT2D eigenvalue weighted by Crippen LogP contribution is -2.25. The van der Waals surface area contributed by atoms with Crippen LogP contribution in [-0.4, -0.2) is 17.6 Å². The Hall–Kier alpha value is -1.35. The Balaban J connectivity index is 1.73. The van der Waals surface area contributed by atoms with E-state index >= 15 is 0 Å². The van der Waals surface area contributed by atoms with Gasteiger partial charge in [-0.1, -0.05) is 37.1 Å². The SMILES string of the molecule is CC(C)(C)OC(=O)CCc1ccc(CNC2CCCC2)cc1. The summed E-state index contributed by atoms with van der Waals surface area (Å²) in [5, 5.41) is 3.62. The summed E-state index contributed by atoms with van der Waals surface area (Å²) < 4.78 is 5.33. The molecule has 0 bridgehead atoms. The fourth-order valence-electron chi connectivity index (χ4n) is 2.85. The third-order valence-corrected chi connectivity index (χ3v) is 4.01. The first-order valence-corrected chi connectivity index (χ1v) is 8.45. The van der Waals surface area contributed by atoms with Crippen molar-refractivity contribution in [2.75, 3.05) is 0 Å². The average molecular weight is 303 g/mol. The summed E-state index contributed by atoms with van der Waals surface area (Å²) in [5.74, 6) is -0.125. The van der Waals surface area contributed by atoms with E-state index in [0.717, 1.165) is 13.0 Å². The molecule has 1 N–H and O–H groups in total. The van der Waals surface area contributed by atoms with Gasteiger partial charge in [-0.15, -0.1) is 0 Å². The number of ether oxygens (including phenoxy) is 1.